The van der Waals surface area contributed by atoms with Crippen LogP contribution in [0.5, 0.6) is 0 Å². The largest absolute Gasteiger partial charge is 0.382 e. The van der Waals surface area contributed by atoms with E-state index in [-0.39, 0.29) is 24.1 Å². The average molecular weight is 589 g/mol. The van der Waals surface area contributed by atoms with Gasteiger partial charge in [0, 0.05) is 81.0 Å². The number of hydrogen-bond donors (Lipinski definition) is 5. The smallest absolute Gasteiger partial charge is 0.253 e. The van der Waals surface area contributed by atoms with Crippen molar-refractivity contribution in [1.29, 1.82) is 0 Å². The number of aromatic amines is 1. The van der Waals surface area contributed by atoms with Crippen LogP contribution in [0.15, 0.2) is 47.3 Å². The van der Waals surface area contributed by atoms with E-state index in [1.54, 1.807) is 0 Å². The van der Waals surface area contributed by atoms with Gasteiger partial charge in [0.1, 0.15) is 0 Å². The van der Waals surface area contributed by atoms with Gasteiger partial charge in [0.2, 0.25) is 0 Å². The van der Waals surface area contributed by atoms with E-state index in [4.69, 9.17) is 10.5 Å². The van der Waals surface area contributed by atoms with Gasteiger partial charge in [-0.2, -0.15) is 0 Å². The summed E-state index contributed by atoms with van der Waals surface area (Å²) in [4.78, 5) is 31.4. The number of ether oxygens (including phenoxy) is 1. The second kappa shape index (κ2) is 15.8. The van der Waals surface area contributed by atoms with Crippen LogP contribution in [0.2, 0.25) is 0 Å². The van der Waals surface area contributed by atoms with E-state index in [1.807, 2.05) is 32.9 Å². The highest BCUT2D eigenvalue weighted by molar-refractivity contribution is 5.98. The molecule has 1 aromatic heterocycles. The molecule has 0 bridgehead atoms. The van der Waals surface area contributed by atoms with Crippen molar-refractivity contribution in [3.05, 3.63) is 86.3 Å². The molecule has 4 rings (SSSR count). The third-order valence-corrected chi connectivity index (χ3v) is 8.22. The molecular formula is C34H48N6O3. The van der Waals surface area contributed by atoms with Crippen molar-refractivity contribution in [2.75, 3.05) is 51.3 Å². The first-order valence-corrected chi connectivity index (χ1v) is 15.5. The first kappa shape index (κ1) is 32.4. The third-order valence-electron chi connectivity index (χ3n) is 8.22. The number of nitrogens with two attached hydrogens (primary N) is 1. The van der Waals surface area contributed by atoms with Crippen molar-refractivity contribution in [3.63, 3.8) is 0 Å². The molecule has 0 radical (unpaired) electrons. The number of anilines is 1. The SMILES string of the molecule is CCN(CCNCCN)Cc1ccc(-c2cc(NC3CCOCC3)c(C)c(C(=O)NCc3c(C)cc(C)[nH]c3=O)c2)cc1. The number of aryl methyl sites for hydroxylation is 2. The second-order valence-electron chi connectivity index (χ2n) is 11.5. The van der Waals surface area contributed by atoms with E-state index in [0.29, 0.717) is 17.7 Å². The van der Waals surface area contributed by atoms with Crippen LogP contribution in [-0.2, 0) is 17.8 Å². The van der Waals surface area contributed by atoms with Crippen molar-refractivity contribution < 1.29 is 9.53 Å². The summed E-state index contributed by atoms with van der Waals surface area (Å²) in [5.41, 5.74) is 13.4. The maximum absolute atomic E-state index is 13.6. The van der Waals surface area contributed by atoms with Crippen LogP contribution < -0.4 is 27.2 Å². The molecule has 2 aromatic carbocycles. The molecule has 0 spiro atoms. The predicted molar refractivity (Wildman–Crippen MR) is 175 cm³/mol. The van der Waals surface area contributed by atoms with Crippen LogP contribution in [0.1, 0.15) is 58.1 Å². The summed E-state index contributed by atoms with van der Waals surface area (Å²) in [6.07, 6.45) is 1.84. The van der Waals surface area contributed by atoms with Crippen LogP contribution >= 0.6 is 0 Å². The number of hydrogen-bond acceptors (Lipinski definition) is 7. The zero-order valence-corrected chi connectivity index (χ0v) is 26.1. The van der Waals surface area contributed by atoms with Crippen LogP contribution in [0, 0.1) is 20.8 Å². The van der Waals surface area contributed by atoms with Gasteiger partial charge in [-0.05, 0) is 86.2 Å². The highest BCUT2D eigenvalue weighted by atomic mass is 16.5. The van der Waals surface area contributed by atoms with Gasteiger partial charge in [-0.15, -0.1) is 0 Å². The van der Waals surface area contributed by atoms with Crippen molar-refractivity contribution in [2.24, 2.45) is 5.73 Å². The summed E-state index contributed by atoms with van der Waals surface area (Å²) in [7, 11) is 0. The van der Waals surface area contributed by atoms with Gasteiger partial charge in [0.25, 0.3) is 11.5 Å². The molecule has 3 aromatic rings. The Kier molecular flexibility index (Phi) is 11.9. The Morgan fingerprint density at radius 2 is 1.79 bits per heavy atom. The van der Waals surface area contributed by atoms with Crippen LogP contribution in [-0.4, -0.2) is 67.8 Å². The van der Waals surface area contributed by atoms with E-state index >= 15 is 0 Å². The first-order chi connectivity index (χ1) is 20.8. The molecule has 0 atom stereocenters. The molecule has 0 unspecified atom stereocenters. The van der Waals surface area contributed by atoms with Gasteiger partial charge >= 0.3 is 0 Å². The van der Waals surface area contributed by atoms with Gasteiger partial charge in [-0.3, -0.25) is 14.5 Å². The number of pyridine rings is 1. The van der Waals surface area contributed by atoms with Gasteiger partial charge in [0.05, 0.1) is 0 Å². The minimum absolute atomic E-state index is 0.164. The van der Waals surface area contributed by atoms with Crippen LogP contribution in [0.25, 0.3) is 11.1 Å². The fourth-order valence-electron chi connectivity index (χ4n) is 5.57. The second-order valence-corrected chi connectivity index (χ2v) is 11.5. The number of carbonyl (C=O) groups excluding carboxylic acids is 1. The molecule has 1 fully saturated rings. The summed E-state index contributed by atoms with van der Waals surface area (Å²) < 4.78 is 5.56. The maximum Gasteiger partial charge on any atom is 0.253 e. The van der Waals surface area contributed by atoms with E-state index in [1.165, 1.54) is 5.56 Å². The Bertz CT molecular complexity index is 1410. The Balaban J connectivity index is 1.57. The molecule has 6 N–H and O–H groups in total. The zero-order valence-electron chi connectivity index (χ0n) is 26.1. The fourth-order valence-corrected chi connectivity index (χ4v) is 5.57. The number of carbonyl (C=O) groups is 1. The normalized spacial score (nSPS) is 13.8. The number of nitrogens with zero attached hydrogens (tertiary/aromatic N) is 1. The summed E-state index contributed by atoms with van der Waals surface area (Å²) in [6.45, 7) is 14.7. The maximum atomic E-state index is 13.6. The minimum Gasteiger partial charge on any atom is -0.382 e. The number of benzene rings is 2. The third kappa shape index (κ3) is 9.00. The molecule has 1 aliphatic rings. The number of amides is 1. The van der Waals surface area contributed by atoms with E-state index in [9.17, 15) is 9.59 Å². The Morgan fingerprint density at radius 1 is 1.05 bits per heavy atom. The fraction of sp³-hybridized carbons (Fsp3) is 0.471. The lowest BCUT2D eigenvalue weighted by molar-refractivity contribution is 0.0903. The lowest BCUT2D eigenvalue weighted by Crippen LogP contribution is -2.33. The van der Waals surface area contributed by atoms with Gasteiger partial charge in [0.15, 0.2) is 0 Å². The highest BCUT2D eigenvalue weighted by Crippen LogP contribution is 2.31. The van der Waals surface area contributed by atoms with Crippen molar-refractivity contribution in [1.82, 2.24) is 20.5 Å². The van der Waals surface area contributed by atoms with Crippen molar-refractivity contribution in [3.8, 4) is 11.1 Å². The molecule has 0 aliphatic carbocycles. The topological polar surface area (TPSA) is 125 Å². The van der Waals surface area contributed by atoms with Crippen molar-refractivity contribution in [2.45, 2.75) is 59.7 Å². The Morgan fingerprint density at radius 3 is 2.47 bits per heavy atom. The predicted octanol–water partition coefficient (Wildman–Crippen LogP) is 3.86. The Labute approximate surface area is 255 Å². The quantitative estimate of drug-likeness (QED) is 0.181. The summed E-state index contributed by atoms with van der Waals surface area (Å²) in [5.74, 6) is -0.202. The molecule has 9 heteroatoms. The summed E-state index contributed by atoms with van der Waals surface area (Å²) in [5, 5.41) is 10.1. The Hall–Kier alpha value is -3.50. The van der Waals surface area contributed by atoms with Crippen LogP contribution in [0.3, 0.4) is 0 Å². The first-order valence-electron chi connectivity index (χ1n) is 15.5. The van der Waals surface area contributed by atoms with E-state index in [2.05, 4.69) is 63.1 Å². The highest BCUT2D eigenvalue weighted by Gasteiger charge is 2.20. The zero-order chi connectivity index (χ0) is 30.8. The number of aromatic nitrogens is 1. The molecule has 1 amide bonds. The lowest BCUT2D eigenvalue weighted by Gasteiger charge is -2.26. The average Bonchev–Trinajstić information content (AvgIpc) is 3.00. The van der Waals surface area contributed by atoms with Gasteiger partial charge in [-0.1, -0.05) is 31.2 Å². The van der Waals surface area contributed by atoms with Crippen molar-refractivity contribution >= 4 is 11.6 Å². The number of nitrogens with one attached hydrogen (secondary N) is 4. The minimum atomic E-state index is -0.202. The van der Waals surface area contributed by atoms with E-state index < -0.39 is 0 Å². The molecule has 1 aliphatic heterocycles. The molecule has 232 valence electrons. The van der Waals surface area contributed by atoms with E-state index in [0.717, 1.165) is 92.4 Å². The molecular weight excluding hydrogens is 540 g/mol. The van der Waals surface area contributed by atoms with Gasteiger partial charge in [-0.25, -0.2) is 0 Å². The summed E-state index contributed by atoms with van der Waals surface area (Å²) in [6, 6.07) is 14.9. The number of likely N-dealkylation sites (N-methyl/N-ethyl adjacent to an activating group) is 1. The van der Waals surface area contributed by atoms with Crippen LogP contribution in [0.4, 0.5) is 5.69 Å². The monoisotopic (exact) mass is 588 g/mol. The standard InChI is InChI=1S/C34H48N6O3/c1-5-40(15-14-36-13-12-35)22-26-6-8-27(9-7-26)28-19-30(25(4)32(20-28)39-29-10-16-43-17-11-29)33(41)37-21-31-23(2)18-24(3)38-34(31)42/h6-9,18-20,29,36,39H,5,10-17,21-22,35H2,1-4H3,(H,37,41)(H,38,42). The molecule has 9 nitrogen and oxygen atoms in total. The molecule has 0 saturated carbocycles. The lowest BCUT2D eigenvalue weighted by atomic mass is 9.95. The summed E-state index contributed by atoms with van der Waals surface area (Å²) >= 11 is 0. The molecule has 1 saturated heterocycles. The molecule has 43 heavy (non-hydrogen) atoms. The van der Waals surface area contributed by atoms with Gasteiger partial charge < -0.3 is 31.4 Å². The molecule has 2 heterocycles. The number of H-pyrrole nitrogens is 1. The number of rotatable bonds is 14.